The van der Waals surface area contributed by atoms with Gasteiger partial charge in [-0.15, -0.1) is 11.3 Å². The quantitative estimate of drug-likeness (QED) is 0.343. The molecule has 4 heterocycles. The van der Waals surface area contributed by atoms with Gasteiger partial charge in [-0.25, -0.2) is 4.98 Å². The molecule has 0 bridgehead atoms. The van der Waals surface area contributed by atoms with Crippen LogP contribution < -0.4 is 15.5 Å². The molecule has 10 heteroatoms. The summed E-state index contributed by atoms with van der Waals surface area (Å²) in [5.74, 6) is -0.202. The second kappa shape index (κ2) is 10.2. The van der Waals surface area contributed by atoms with Gasteiger partial charge in [0.25, 0.3) is 0 Å². The Labute approximate surface area is 219 Å². The van der Waals surface area contributed by atoms with Crippen molar-refractivity contribution in [2.45, 2.75) is 25.9 Å². The average molecular weight is 519 g/mol. The van der Waals surface area contributed by atoms with E-state index in [4.69, 9.17) is 17.0 Å². The van der Waals surface area contributed by atoms with Gasteiger partial charge in [0, 0.05) is 47.6 Å². The van der Waals surface area contributed by atoms with Gasteiger partial charge in [0.2, 0.25) is 5.91 Å². The first kappa shape index (κ1) is 24.1. The van der Waals surface area contributed by atoms with Crippen molar-refractivity contribution < 1.29 is 9.53 Å². The van der Waals surface area contributed by atoms with E-state index in [2.05, 4.69) is 50.0 Å². The van der Waals surface area contributed by atoms with Crippen LogP contribution in [-0.4, -0.2) is 39.3 Å². The molecule has 0 aliphatic carbocycles. The van der Waals surface area contributed by atoms with Crippen molar-refractivity contribution in [3.8, 4) is 5.13 Å². The fourth-order valence-electron chi connectivity index (χ4n) is 4.69. The van der Waals surface area contributed by atoms with Gasteiger partial charge in [0.1, 0.15) is 6.61 Å². The molecule has 36 heavy (non-hydrogen) atoms. The smallest absolute Gasteiger partial charge is 0.250 e. The molecule has 8 nitrogen and oxygen atoms in total. The van der Waals surface area contributed by atoms with Crippen molar-refractivity contribution in [2.24, 2.45) is 0 Å². The normalized spacial score (nSPS) is 17.3. The fraction of sp³-hybridized carbons (Fsp3) is 0.231. The lowest BCUT2D eigenvalue weighted by molar-refractivity contribution is -0.119. The molecular formula is C26H26N6O2S2. The summed E-state index contributed by atoms with van der Waals surface area (Å²) in [6, 6.07) is 15.5. The maximum atomic E-state index is 11.9. The van der Waals surface area contributed by atoms with Crippen LogP contribution in [0.3, 0.4) is 0 Å². The lowest BCUT2D eigenvalue weighted by Crippen LogP contribution is -2.29. The predicted octanol–water partition coefficient (Wildman–Crippen LogP) is 4.71. The number of thiocarbonyl (C=S) groups is 1. The number of benzene rings is 1. The number of carbonyl (C=O) groups excluding carboxylic acids is 1. The van der Waals surface area contributed by atoms with E-state index in [-0.39, 0.29) is 24.6 Å². The molecule has 1 amide bonds. The first-order valence-corrected chi connectivity index (χ1v) is 12.7. The van der Waals surface area contributed by atoms with E-state index >= 15 is 0 Å². The van der Waals surface area contributed by atoms with Crippen molar-refractivity contribution >= 4 is 45.9 Å². The van der Waals surface area contributed by atoms with Gasteiger partial charge in [0.05, 0.1) is 17.8 Å². The zero-order valence-electron chi connectivity index (χ0n) is 20.1. The number of nitrogens with zero attached hydrogens (tertiary/aromatic N) is 4. The van der Waals surface area contributed by atoms with Crippen LogP contribution in [0.15, 0.2) is 66.3 Å². The number of amides is 1. The summed E-state index contributed by atoms with van der Waals surface area (Å²) in [5.41, 5.74) is 5.87. The topological polar surface area (TPSA) is 84.3 Å². The van der Waals surface area contributed by atoms with Crippen LogP contribution in [0.2, 0.25) is 0 Å². The van der Waals surface area contributed by atoms with E-state index < -0.39 is 0 Å². The van der Waals surface area contributed by atoms with Crippen LogP contribution in [0.1, 0.15) is 34.7 Å². The summed E-state index contributed by atoms with van der Waals surface area (Å²) in [7, 11) is 1.49. The second-order valence-electron chi connectivity index (χ2n) is 8.50. The van der Waals surface area contributed by atoms with Crippen molar-refractivity contribution in [1.29, 1.82) is 0 Å². The number of hydrogen-bond donors (Lipinski definition) is 2. The molecule has 5 rings (SSSR count). The van der Waals surface area contributed by atoms with E-state index in [0.29, 0.717) is 10.8 Å². The summed E-state index contributed by atoms with van der Waals surface area (Å²) in [4.78, 5) is 23.2. The zero-order chi connectivity index (χ0) is 25.2. The third-order valence-corrected chi connectivity index (χ3v) is 7.27. The highest BCUT2D eigenvalue weighted by atomic mass is 32.1. The minimum absolute atomic E-state index is 0.00439. The number of aromatic nitrogens is 3. The van der Waals surface area contributed by atoms with E-state index in [1.807, 2.05) is 54.0 Å². The third kappa shape index (κ3) is 4.50. The summed E-state index contributed by atoms with van der Waals surface area (Å²) >= 11 is 7.47. The molecule has 1 aliphatic rings. The molecule has 1 aromatic carbocycles. The van der Waals surface area contributed by atoms with Gasteiger partial charge >= 0.3 is 0 Å². The number of methoxy groups -OCH3 is 1. The lowest BCUT2D eigenvalue weighted by atomic mass is 9.96. The van der Waals surface area contributed by atoms with Crippen LogP contribution in [0.25, 0.3) is 5.13 Å². The lowest BCUT2D eigenvalue weighted by Gasteiger charge is -2.28. The summed E-state index contributed by atoms with van der Waals surface area (Å²) in [6.07, 6.45) is 3.62. The van der Waals surface area contributed by atoms with Crippen molar-refractivity contribution in [1.82, 2.24) is 19.9 Å². The SMILES string of the molecule is COCC(=O)Nc1ccc(N2C(=S)N[C@H](c3ccccn3)[C@@H]2c2cc(C)n(-c3nccs3)c2C)cc1. The minimum atomic E-state index is -0.202. The van der Waals surface area contributed by atoms with E-state index in [9.17, 15) is 4.79 Å². The Balaban J connectivity index is 1.57. The summed E-state index contributed by atoms with van der Waals surface area (Å²) < 4.78 is 7.09. The summed E-state index contributed by atoms with van der Waals surface area (Å²) in [5, 5.41) is 9.87. The minimum Gasteiger partial charge on any atom is -0.375 e. The highest BCUT2D eigenvalue weighted by molar-refractivity contribution is 7.80. The van der Waals surface area contributed by atoms with Gasteiger partial charge in [-0.1, -0.05) is 6.07 Å². The van der Waals surface area contributed by atoms with Gasteiger partial charge in [-0.05, 0) is 74.1 Å². The Bertz CT molecular complexity index is 1370. The molecule has 0 saturated carbocycles. The van der Waals surface area contributed by atoms with E-state index in [0.717, 1.165) is 33.5 Å². The van der Waals surface area contributed by atoms with Gasteiger partial charge in [-0.2, -0.15) is 0 Å². The Morgan fingerprint density at radius 1 is 1.17 bits per heavy atom. The maximum Gasteiger partial charge on any atom is 0.250 e. The second-order valence-corrected chi connectivity index (χ2v) is 9.76. The molecule has 0 radical (unpaired) electrons. The molecule has 2 atom stereocenters. The van der Waals surface area contributed by atoms with E-state index in [1.54, 1.807) is 17.5 Å². The van der Waals surface area contributed by atoms with Crippen LogP contribution in [-0.2, 0) is 9.53 Å². The number of pyridine rings is 1. The number of hydrogen-bond acceptors (Lipinski definition) is 6. The van der Waals surface area contributed by atoms with Crippen LogP contribution in [0.5, 0.6) is 0 Å². The maximum absolute atomic E-state index is 11.9. The molecule has 0 spiro atoms. The molecule has 2 N–H and O–H groups in total. The molecule has 1 fully saturated rings. The van der Waals surface area contributed by atoms with Gasteiger partial charge < -0.3 is 20.3 Å². The number of aryl methyl sites for hydroxylation is 1. The number of rotatable bonds is 7. The van der Waals surface area contributed by atoms with Gasteiger partial charge in [0.15, 0.2) is 10.2 Å². The Kier molecular flexibility index (Phi) is 6.82. The van der Waals surface area contributed by atoms with Crippen LogP contribution >= 0.6 is 23.6 Å². The molecule has 184 valence electrons. The molecule has 1 saturated heterocycles. The first-order chi connectivity index (χ1) is 17.5. The fourth-order valence-corrected chi connectivity index (χ4v) is 5.79. The molecule has 0 unspecified atom stereocenters. The highest BCUT2D eigenvalue weighted by Crippen LogP contribution is 2.44. The van der Waals surface area contributed by atoms with Crippen molar-refractivity contribution in [3.63, 3.8) is 0 Å². The molecule has 4 aromatic rings. The standard InChI is InChI=1S/C26H26N6O2S2/c1-16-14-20(17(2)31(16)26-28-12-13-36-26)24-23(21-6-4-5-11-27-21)30-25(35)32(24)19-9-7-18(8-10-19)29-22(33)15-34-3/h4-14,23-24H,15H2,1-3H3,(H,29,33)(H,30,35)/t23-,24+/m1/s1. The molecule has 3 aromatic heterocycles. The zero-order valence-corrected chi connectivity index (χ0v) is 21.8. The number of ether oxygens (including phenoxy) is 1. The average Bonchev–Trinajstić information content (AvgIpc) is 3.58. The number of anilines is 2. The first-order valence-electron chi connectivity index (χ1n) is 11.5. The van der Waals surface area contributed by atoms with Crippen molar-refractivity contribution in [3.05, 3.63) is 88.9 Å². The monoisotopic (exact) mass is 518 g/mol. The largest absolute Gasteiger partial charge is 0.375 e. The third-order valence-electron chi connectivity index (χ3n) is 6.20. The number of carbonyl (C=O) groups is 1. The molecular weight excluding hydrogens is 492 g/mol. The Morgan fingerprint density at radius 2 is 1.97 bits per heavy atom. The Morgan fingerprint density at radius 3 is 2.64 bits per heavy atom. The van der Waals surface area contributed by atoms with Crippen LogP contribution in [0, 0.1) is 13.8 Å². The Hall–Kier alpha value is -3.60. The summed E-state index contributed by atoms with van der Waals surface area (Å²) in [6.45, 7) is 4.22. The predicted molar refractivity (Wildman–Crippen MR) is 146 cm³/mol. The highest BCUT2D eigenvalue weighted by Gasteiger charge is 2.42. The van der Waals surface area contributed by atoms with Crippen LogP contribution in [0.4, 0.5) is 11.4 Å². The molecule has 1 aliphatic heterocycles. The van der Waals surface area contributed by atoms with Crippen molar-refractivity contribution in [2.75, 3.05) is 23.9 Å². The van der Waals surface area contributed by atoms with Gasteiger partial charge in [-0.3, -0.25) is 14.3 Å². The number of thiazole rings is 1. The van der Waals surface area contributed by atoms with E-state index in [1.165, 1.54) is 7.11 Å². The number of nitrogens with one attached hydrogen (secondary N) is 2.